The van der Waals surface area contributed by atoms with Crippen LogP contribution < -0.4 is 11.1 Å². The summed E-state index contributed by atoms with van der Waals surface area (Å²) in [5.41, 5.74) is 3.42. The van der Waals surface area contributed by atoms with E-state index in [1.54, 1.807) is 0 Å². The van der Waals surface area contributed by atoms with Gasteiger partial charge in [-0.25, -0.2) is 4.79 Å². The third-order valence-electron chi connectivity index (χ3n) is 2.99. The van der Waals surface area contributed by atoms with Crippen LogP contribution in [0.2, 0.25) is 0 Å². The summed E-state index contributed by atoms with van der Waals surface area (Å²) in [7, 11) is 1.16. The Bertz CT molecular complexity index is 571. The zero-order valence-electron chi connectivity index (χ0n) is 12.3. The molecule has 0 aliphatic carbocycles. The van der Waals surface area contributed by atoms with Crippen molar-refractivity contribution < 1.29 is 27.5 Å². The number of rotatable bonds is 4. The van der Waals surface area contributed by atoms with Crippen molar-refractivity contribution in [2.24, 2.45) is 5.73 Å². The van der Waals surface area contributed by atoms with E-state index in [-0.39, 0.29) is 5.56 Å². The molecule has 1 rings (SSSR count). The first-order valence-electron chi connectivity index (χ1n) is 6.32. The molecule has 1 atom stereocenters. The summed E-state index contributed by atoms with van der Waals surface area (Å²) < 4.78 is 42.5. The number of alkyl halides is 3. The lowest BCUT2D eigenvalue weighted by molar-refractivity contribution is -0.149. The molecule has 1 aromatic carbocycles. The van der Waals surface area contributed by atoms with Crippen LogP contribution in [0.4, 0.5) is 13.2 Å². The van der Waals surface area contributed by atoms with E-state index in [1.165, 1.54) is 19.9 Å². The molecule has 0 fully saturated rings. The molecule has 0 saturated heterocycles. The van der Waals surface area contributed by atoms with Gasteiger partial charge in [0.05, 0.1) is 12.7 Å². The Morgan fingerprint density at radius 2 is 1.86 bits per heavy atom. The molecule has 1 unspecified atom stereocenters. The van der Waals surface area contributed by atoms with Gasteiger partial charge in [0.15, 0.2) is 0 Å². The summed E-state index contributed by atoms with van der Waals surface area (Å²) in [5.74, 6) is -1.48. The summed E-state index contributed by atoms with van der Waals surface area (Å²) in [4.78, 5) is 23.5. The smallest absolute Gasteiger partial charge is 0.416 e. The van der Waals surface area contributed by atoms with Gasteiger partial charge >= 0.3 is 12.1 Å². The standard InChI is InChI=1S/C14H17F3N2O3/c1-13(2,12(21)22-3)19-11(20)10(18)8-5-4-6-9(7-8)14(15,16)17/h4-7,10H,18H2,1-3H3,(H,19,20). The van der Waals surface area contributed by atoms with Crippen molar-refractivity contribution in [1.82, 2.24) is 5.32 Å². The summed E-state index contributed by atoms with van der Waals surface area (Å²) in [6.45, 7) is 2.80. The van der Waals surface area contributed by atoms with Gasteiger partial charge in [-0.2, -0.15) is 13.2 Å². The number of carbonyl (C=O) groups excluding carboxylic acids is 2. The number of hydrogen-bond acceptors (Lipinski definition) is 4. The van der Waals surface area contributed by atoms with Gasteiger partial charge in [-0.1, -0.05) is 12.1 Å². The van der Waals surface area contributed by atoms with Gasteiger partial charge in [0.1, 0.15) is 11.6 Å². The van der Waals surface area contributed by atoms with Crippen LogP contribution in [0.3, 0.4) is 0 Å². The lowest BCUT2D eigenvalue weighted by Gasteiger charge is -2.25. The summed E-state index contributed by atoms with van der Waals surface area (Å²) in [6, 6.07) is 2.81. The number of amides is 1. The maximum atomic E-state index is 12.7. The monoisotopic (exact) mass is 318 g/mol. The second-order valence-electron chi connectivity index (χ2n) is 5.21. The van der Waals surface area contributed by atoms with Crippen molar-refractivity contribution in [3.05, 3.63) is 35.4 Å². The van der Waals surface area contributed by atoms with Crippen molar-refractivity contribution >= 4 is 11.9 Å². The Morgan fingerprint density at radius 3 is 2.36 bits per heavy atom. The van der Waals surface area contributed by atoms with Crippen molar-refractivity contribution in [1.29, 1.82) is 0 Å². The third kappa shape index (κ3) is 4.20. The van der Waals surface area contributed by atoms with E-state index in [9.17, 15) is 22.8 Å². The number of ether oxygens (including phenoxy) is 1. The molecular weight excluding hydrogens is 301 g/mol. The molecule has 0 spiro atoms. The van der Waals surface area contributed by atoms with Gasteiger partial charge in [0.25, 0.3) is 0 Å². The second-order valence-corrected chi connectivity index (χ2v) is 5.21. The average Bonchev–Trinajstić information content (AvgIpc) is 2.44. The quantitative estimate of drug-likeness (QED) is 0.829. The number of nitrogens with two attached hydrogens (primary N) is 1. The highest BCUT2D eigenvalue weighted by Gasteiger charge is 2.34. The minimum absolute atomic E-state index is 0.00649. The van der Waals surface area contributed by atoms with Gasteiger partial charge in [-0.15, -0.1) is 0 Å². The van der Waals surface area contributed by atoms with Crippen LogP contribution in [-0.2, 0) is 20.5 Å². The fourth-order valence-electron chi connectivity index (χ4n) is 1.75. The number of carbonyl (C=O) groups is 2. The fraction of sp³-hybridized carbons (Fsp3) is 0.429. The van der Waals surface area contributed by atoms with Gasteiger partial charge < -0.3 is 15.8 Å². The normalized spacial score (nSPS) is 13.4. The minimum Gasteiger partial charge on any atom is -0.467 e. The molecule has 0 saturated carbocycles. The average molecular weight is 318 g/mol. The molecule has 22 heavy (non-hydrogen) atoms. The van der Waals surface area contributed by atoms with E-state index < -0.39 is 35.2 Å². The molecule has 8 heteroatoms. The number of benzene rings is 1. The van der Waals surface area contributed by atoms with Gasteiger partial charge in [0, 0.05) is 0 Å². The number of nitrogens with one attached hydrogen (secondary N) is 1. The second kappa shape index (κ2) is 6.35. The highest BCUT2D eigenvalue weighted by atomic mass is 19.4. The molecule has 0 radical (unpaired) electrons. The van der Waals surface area contributed by atoms with Gasteiger partial charge in [0.2, 0.25) is 5.91 Å². The Kier molecular flexibility index (Phi) is 5.18. The summed E-state index contributed by atoms with van der Waals surface area (Å²) in [6.07, 6.45) is -4.53. The van der Waals surface area contributed by atoms with Crippen molar-refractivity contribution in [3.63, 3.8) is 0 Å². The molecule has 1 amide bonds. The first kappa shape index (κ1) is 18.0. The van der Waals surface area contributed by atoms with Crippen LogP contribution in [0, 0.1) is 0 Å². The van der Waals surface area contributed by atoms with Crippen molar-refractivity contribution in [2.75, 3.05) is 7.11 Å². The topological polar surface area (TPSA) is 81.4 Å². The van der Waals surface area contributed by atoms with E-state index >= 15 is 0 Å². The highest BCUT2D eigenvalue weighted by molar-refractivity contribution is 5.90. The molecule has 0 bridgehead atoms. The first-order chi connectivity index (χ1) is 9.99. The van der Waals surface area contributed by atoms with E-state index in [0.29, 0.717) is 0 Å². The predicted octanol–water partition coefficient (Wildman–Crippen LogP) is 1.77. The largest absolute Gasteiger partial charge is 0.467 e. The van der Waals surface area contributed by atoms with Crippen LogP contribution in [0.5, 0.6) is 0 Å². The molecule has 0 aliphatic heterocycles. The van der Waals surface area contributed by atoms with Crippen LogP contribution in [-0.4, -0.2) is 24.5 Å². The molecular formula is C14H17F3N2O3. The third-order valence-corrected chi connectivity index (χ3v) is 2.99. The molecule has 0 aliphatic rings. The van der Waals surface area contributed by atoms with E-state index in [2.05, 4.69) is 10.1 Å². The summed E-state index contributed by atoms with van der Waals surface area (Å²) in [5, 5.41) is 2.34. The van der Waals surface area contributed by atoms with Gasteiger partial charge in [-0.05, 0) is 31.5 Å². The van der Waals surface area contributed by atoms with Crippen LogP contribution in [0.25, 0.3) is 0 Å². The van der Waals surface area contributed by atoms with Crippen LogP contribution in [0.15, 0.2) is 24.3 Å². The van der Waals surface area contributed by atoms with E-state index in [1.807, 2.05) is 0 Å². The molecule has 3 N–H and O–H groups in total. The lowest BCUT2D eigenvalue weighted by atomic mass is 10.0. The number of hydrogen-bond donors (Lipinski definition) is 2. The first-order valence-corrected chi connectivity index (χ1v) is 6.32. The van der Waals surface area contributed by atoms with E-state index in [4.69, 9.17) is 5.73 Å². The van der Waals surface area contributed by atoms with Crippen molar-refractivity contribution in [3.8, 4) is 0 Å². The highest BCUT2D eigenvalue weighted by Crippen LogP contribution is 2.30. The maximum absolute atomic E-state index is 12.7. The number of halogens is 3. The molecule has 0 aromatic heterocycles. The molecule has 5 nitrogen and oxygen atoms in total. The summed E-state index contributed by atoms with van der Waals surface area (Å²) >= 11 is 0. The lowest BCUT2D eigenvalue weighted by Crippen LogP contribution is -2.52. The van der Waals surface area contributed by atoms with Crippen molar-refractivity contribution in [2.45, 2.75) is 31.6 Å². The Balaban J connectivity index is 2.95. The van der Waals surface area contributed by atoms with Crippen LogP contribution in [0.1, 0.15) is 31.0 Å². The zero-order valence-corrected chi connectivity index (χ0v) is 12.3. The van der Waals surface area contributed by atoms with E-state index in [0.717, 1.165) is 25.3 Å². The maximum Gasteiger partial charge on any atom is 0.416 e. The molecule has 0 heterocycles. The Labute approximate surface area is 125 Å². The fourth-order valence-corrected chi connectivity index (χ4v) is 1.75. The predicted molar refractivity (Wildman–Crippen MR) is 72.6 cm³/mol. The zero-order chi connectivity index (χ0) is 17.1. The SMILES string of the molecule is COC(=O)C(C)(C)NC(=O)C(N)c1cccc(C(F)(F)F)c1. The Morgan fingerprint density at radius 1 is 1.27 bits per heavy atom. The molecule has 1 aromatic rings. The Hall–Kier alpha value is -2.09. The number of esters is 1. The van der Waals surface area contributed by atoms with Gasteiger partial charge in [-0.3, -0.25) is 4.79 Å². The minimum atomic E-state index is -4.53. The van der Waals surface area contributed by atoms with Crippen LogP contribution >= 0.6 is 0 Å². The molecule has 122 valence electrons. The number of methoxy groups -OCH3 is 1.